The van der Waals surface area contributed by atoms with Crippen LogP contribution in [0.15, 0.2) is 158 Å². The molecule has 54 heavy (non-hydrogen) atoms. The predicted molar refractivity (Wildman–Crippen MR) is 227 cm³/mol. The van der Waals surface area contributed by atoms with Crippen LogP contribution in [0, 0.1) is 41.5 Å². The average molecular weight is 700 g/mol. The SMILES string of the molecule is Cc1cc(C)c(C(c2c(C)cc(C)cc2C)c2ccc(N(c3cccc(-c4ccccc4-c4ccccc4)c3)c3cnccn3)c3ccccc23)c(C)c1. The van der Waals surface area contributed by atoms with E-state index in [-0.39, 0.29) is 5.92 Å². The molecule has 0 aliphatic rings. The monoisotopic (exact) mass is 699 g/mol. The molecule has 0 saturated heterocycles. The summed E-state index contributed by atoms with van der Waals surface area (Å²) in [5.41, 5.74) is 18.7. The molecule has 0 N–H and O–H groups in total. The zero-order valence-corrected chi connectivity index (χ0v) is 31.9. The van der Waals surface area contributed by atoms with Crippen LogP contribution in [-0.4, -0.2) is 9.97 Å². The fraction of sp³-hybridized carbons (Fsp3) is 0.137. The van der Waals surface area contributed by atoms with E-state index in [2.05, 4.69) is 191 Å². The number of aryl methyl sites for hydroxylation is 6. The third kappa shape index (κ3) is 6.47. The molecule has 0 radical (unpaired) electrons. The molecule has 0 fully saturated rings. The summed E-state index contributed by atoms with van der Waals surface area (Å²) < 4.78 is 0. The number of rotatable bonds is 8. The number of hydrogen-bond donors (Lipinski definition) is 0. The molecule has 0 saturated carbocycles. The van der Waals surface area contributed by atoms with Crippen molar-refractivity contribution in [2.24, 2.45) is 0 Å². The highest BCUT2D eigenvalue weighted by atomic mass is 15.2. The standard InChI is InChI=1S/C51H45N3/c1-33-27-35(3)49(36(4)28-33)51(50-37(5)29-34(2)30-38(50)6)46-23-24-47(45-22-13-12-21-44(45)46)54(48-32-52-25-26-53-48)41-18-14-17-40(31-41)43-20-11-10-19-42(43)39-15-8-7-9-16-39/h7-32,51H,1-6H3. The van der Waals surface area contributed by atoms with Crippen molar-refractivity contribution in [3.05, 3.63) is 208 Å². The van der Waals surface area contributed by atoms with Crippen molar-refractivity contribution in [3.8, 4) is 22.3 Å². The van der Waals surface area contributed by atoms with Crippen molar-refractivity contribution < 1.29 is 0 Å². The molecule has 3 heteroatoms. The summed E-state index contributed by atoms with van der Waals surface area (Å²) >= 11 is 0. The Hall–Kier alpha value is -6.32. The van der Waals surface area contributed by atoms with E-state index in [4.69, 9.17) is 4.98 Å². The van der Waals surface area contributed by atoms with Gasteiger partial charge in [0.2, 0.25) is 0 Å². The number of nitrogens with zero attached hydrogens (tertiary/aromatic N) is 3. The van der Waals surface area contributed by atoms with Crippen molar-refractivity contribution in [1.29, 1.82) is 0 Å². The topological polar surface area (TPSA) is 29.0 Å². The number of benzene rings is 7. The minimum Gasteiger partial charge on any atom is -0.293 e. The summed E-state index contributed by atoms with van der Waals surface area (Å²) in [7, 11) is 0. The van der Waals surface area contributed by atoms with Gasteiger partial charge in [-0.25, -0.2) is 4.98 Å². The van der Waals surface area contributed by atoms with Crippen molar-refractivity contribution in [2.75, 3.05) is 4.90 Å². The second kappa shape index (κ2) is 14.6. The van der Waals surface area contributed by atoms with Gasteiger partial charge in [-0.3, -0.25) is 9.88 Å². The van der Waals surface area contributed by atoms with Gasteiger partial charge in [-0.2, -0.15) is 0 Å². The highest BCUT2D eigenvalue weighted by molar-refractivity contribution is 6.01. The van der Waals surface area contributed by atoms with Crippen LogP contribution in [0.3, 0.4) is 0 Å². The molecule has 1 aromatic heterocycles. The van der Waals surface area contributed by atoms with Crippen LogP contribution in [0.1, 0.15) is 56.0 Å². The van der Waals surface area contributed by atoms with Gasteiger partial charge in [0.1, 0.15) is 0 Å². The number of anilines is 3. The first-order valence-electron chi connectivity index (χ1n) is 18.8. The molecule has 8 rings (SSSR count). The lowest BCUT2D eigenvalue weighted by atomic mass is 9.75. The van der Waals surface area contributed by atoms with E-state index in [0.29, 0.717) is 0 Å². The predicted octanol–water partition coefficient (Wildman–Crippen LogP) is 13.5. The molecule has 1 heterocycles. The zero-order valence-electron chi connectivity index (χ0n) is 31.9. The van der Waals surface area contributed by atoms with Gasteiger partial charge in [-0.1, -0.05) is 132 Å². The van der Waals surface area contributed by atoms with E-state index in [0.717, 1.165) is 28.1 Å². The second-order valence-corrected chi connectivity index (χ2v) is 14.6. The Morgan fingerprint density at radius 1 is 0.481 bits per heavy atom. The Morgan fingerprint density at radius 3 is 1.65 bits per heavy atom. The normalized spacial score (nSPS) is 11.3. The molecule has 0 aliphatic heterocycles. The molecule has 264 valence electrons. The van der Waals surface area contributed by atoms with E-state index in [1.54, 1.807) is 12.4 Å². The Labute approximate surface area is 319 Å². The zero-order chi connectivity index (χ0) is 37.3. The third-order valence-electron chi connectivity index (χ3n) is 10.7. The fourth-order valence-corrected chi connectivity index (χ4v) is 8.72. The minimum absolute atomic E-state index is 0.0490. The van der Waals surface area contributed by atoms with Crippen LogP contribution in [0.5, 0.6) is 0 Å². The molecule has 0 unspecified atom stereocenters. The van der Waals surface area contributed by atoms with Crippen LogP contribution in [0.4, 0.5) is 17.2 Å². The molecule has 0 bridgehead atoms. The highest BCUT2D eigenvalue weighted by Gasteiger charge is 2.28. The van der Waals surface area contributed by atoms with Crippen molar-refractivity contribution in [1.82, 2.24) is 9.97 Å². The maximum atomic E-state index is 4.89. The van der Waals surface area contributed by atoms with Gasteiger partial charge >= 0.3 is 0 Å². The molecule has 8 aromatic rings. The van der Waals surface area contributed by atoms with Crippen molar-refractivity contribution in [3.63, 3.8) is 0 Å². The van der Waals surface area contributed by atoms with Crippen LogP contribution < -0.4 is 4.90 Å². The summed E-state index contributed by atoms with van der Waals surface area (Å²) in [6, 6.07) is 50.9. The van der Waals surface area contributed by atoms with Gasteiger partial charge in [0, 0.05) is 29.4 Å². The molecule has 3 nitrogen and oxygen atoms in total. The molecular weight excluding hydrogens is 655 g/mol. The minimum atomic E-state index is 0.0490. The first kappa shape index (κ1) is 34.7. The number of aromatic nitrogens is 2. The molecule has 7 aromatic carbocycles. The summed E-state index contributed by atoms with van der Waals surface area (Å²) in [6.07, 6.45) is 5.36. The van der Waals surface area contributed by atoms with E-state index < -0.39 is 0 Å². The maximum Gasteiger partial charge on any atom is 0.156 e. The van der Waals surface area contributed by atoms with E-state index >= 15 is 0 Å². The lowest BCUT2D eigenvalue weighted by molar-refractivity contribution is 0.928. The van der Waals surface area contributed by atoms with Gasteiger partial charge in [0.25, 0.3) is 0 Å². The molecular formula is C51H45N3. The van der Waals surface area contributed by atoms with E-state index in [1.165, 1.54) is 72.1 Å². The highest BCUT2D eigenvalue weighted by Crippen LogP contribution is 2.46. The van der Waals surface area contributed by atoms with Gasteiger partial charge < -0.3 is 0 Å². The smallest absolute Gasteiger partial charge is 0.156 e. The van der Waals surface area contributed by atoms with Crippen LogP contribution in [-0.2, 0) is 0 Å². The summed E-state index contributed by atoms with van der Waals surface area (Å²) in [4.78, 5) is 11.7. The van der Waals surface area contributed by atoms with Gasteiger partial charge in [-0.15, -0.1) is 0 Å². The summed E-state index contributed by atoms with van der Waals surface area (Å²) in [5, 5.41) is 2.38. The average Bonchev–Trinajstić information content (AvgIpc) is 3.18. The third-order valence-corrected chi connectivity index (χ3v) is 10.7. The summed E-state index contributed by atoms with van der Waals surface area (Å²) in [6.45, 7) is 13.5. The van der Waals surface area contributed by atoms with Gasteiger partial charge in [0.15, 0.2) is 5.82 Å². The van der Waals surface area contributed by atoms with Gasteiger partial charge in [0.05, 0.1) is 11.9 Å². The molecule has 0 aliphatic carbocycles. The first-order chi connectivity index (χ1) is 26.3. The Bertz CT molecular complexity index is 2520. The van der Waals surface area contributed by atoms with Crippen molar-refractivity contribution >= 4 is 28.0 Å². The summed E-state index contributed by atoms with van der Waals surface area (Å²) in [5.74, 6) is 0.809. The second-order valence-electron chi connectivity index (χ2n) is 14.6. The van der Waals surface area contributed by atoms with Crippen LogP contribution in [0.25, 0.3) is 33.0 Å². The first-order valence-corrected chi connectivity index (χ1v) is 18.8. The largest absolute Gasteiger partial charge is 0.293 e. The quantitative estimate of drug-likeness (QED) is 0.148. The van der Waals surface area contributed by atoms with E-state index in [1.807, 2.05) is 6.20 Å². The van der Waals surface area contributed by atoms with E-state index in [9.17, 15) is 0 Å². The molecule has 0 amide bonds. The Morgan fingerprint density at radius 2 is 1.04 bits per heavy atom. The maximum absolute atomic E-state index is 4.89. The molecule has 0 atom stereocenters. The van der Waals surface area contributed by atoms with Crippen LogP contribution >= 0.6 is 0 Å². The Kier molecular flexibility index (Phi) is 9.40. The van der Waals surface area contributed by atoms with Crippen LogP contribution in [0.2, 0.25) is 0 Å². The number of hydrogen-bond acceptors (Lipinski definition) is 3. The van der Waals surface area contributed by atoms with Gasteiger partial charge in [-0.05, 0) is 126 Å². The lowest BCUT2D eigenvalue weighted by Crippen LogP contribution is -2.15. The number of fused-ring (bicyclic) bond motifs is 1. The van der Waals surface area contributed by atoms with Crippen molar-refractivity contribution in [2.45, 2.75) is 47.5 Å². The lowest BCUT2D eigenvalue weighted by Gasteiger charge is -2.30. The Balaban J connectivity index is 1.36. The molecule has 0 spiro atoms. The fourth-order valence-electron chi connectivity index (χ4n) is 8.72.